The van der Waals surface area contributed by atoms with E-state index in [1.165, 1.54) is 12.1 Å². The van der Waals surface area contributed by atoms with Gasteiger partial charge < -0.3 is 4.90 Å². The first kappa shape index (κ1) is 12.3. The topological polar surface area (TPSA) is 3.24 Å². The molecule has 0 fully saturated rings. The second-order valence-electron chi connectivity index (χ2n) is 4.54. The molecule has 2 rings (SSSR count). The van der Waals surface area contributed by atoms with Crippen LogP contribution in [0.4, 0.5) is 18.9 Å². The summed E-state index contributed by atoms with van der Waals surface area (Å²) in [4.78, 5) is 2.07. The lowest BCUT2D eigenvalue weighted by atomic mass is 10.1. The maximum atomic E-state index is 12.6. The SMILES string of the molecule is CCC(C)N1CCc2ccc(C(F)(F)F)cc21. The Kier molecular flexibility index (Phi) is 3.06. The summed E-state index contributed by atoms with van der Waals surface area (Å²) in [6, 6.07) is 4.37. The maximum absolute atomic E-state index is 12.6. The molecule has 1 aromatic carbocycles. The fourth-order valence-corrected chi connectivity index (χ4v) is 2.26. The Morgan fingerprint density at radius 2 is 2.06 bits per heavy atom. The van der Waals surface area contributed by atoms with Gasteiger partial charge in [0.05, 0.1) is 5.56 Å². The van der Waals surface area contributed by atoms with Crippen molar-refractivity contribution in [3.05, 3.63) is 29.3 Å². The molecule has 1 aliphatic heterocycles. The molecule has 0 amide bonds. The van der Waals surface area contributed by atoms with Gasteiger partial charge in [0.25, 0.3) is 0 Å². The first-order chi connectivity index (χ1) is 7.93. The number of alkyl halides is 3. The molecule has 1 atom stereocenters. The quantitative estimate of drug-likeness (QED) is 0.762. The number of nitrogens with zero attached hydrogens (tertiary/aromatic N) is 1. The molecule has 0 bridgehead atoms. The Labute approximate surface area is 99.2 Å². The van der Waals surface area contributed by atoms with Crippen LogP contribution in [0.25, 0.3) is 0 Å². The van der Waals surface area contributed by atoms with Gasteiger partial charge in [-0.15, -0.1) is 0 Å². The van der Waals surface area contributed by atoms with Gasteiger partial charge in [0, 0.05) is 18.3 Å². The zero-order chi connectivity index (χ0) is 12.6. The maximum Gasteiger partial charge on any atom is 0.416 e. The minimum absolute atomic E-state index is 0.291. The highest BCUT2D eigenvalue weighted by molar-refractivity contribution is 5.60. The number of benzene rings is 1. The number of rotatable bonds is 2. The van der Waals surface area contributed by atoms with Crippen LogP contribution in [0, 0.1) is 0 Å². The van der Waals surface area contributed by atoms with E-state index in [0.717, 1.165) is 30.6 Å². The van der Waals surface area contributed by atoms with Crippen molar-refractivity contribution in [1.82, 2.24) is 0 Å². The first-order valence-corrected chi connectivity index (χ1v) is 5.90. The Morgan fingerprint density at radius 1 is 1.35 bits per heavy atom. The predicted octanol–water partition coefficient (Wildman–Crippen LogP) is 3.87. The van der Waals surface area contributed by atoms with Crippen molar-refractivity contribution >= 4 is 5.69 Å². The summed E-state index contributed by atoms with van der Waals surface area (Å²) in [6.45, 7) is 4.93. The van der Waals surface area contributed by atoms with Crippen molar-refractivity contribution in [3.8, 4) is 0 Å². The van der Waals surface area contributed by atoms with Crippen LogP contribution in [0.3, 0.4) is 0 Å². The minimum atomic E-state index is -4.25. The van der Waals surface area contributed by atoms with Crippen molar-refractivity contribution in [1.29, 1.82) is 0 Å². The van der Waals surface area contributed by atoms with Gasteiger partial charge in [0.1, 0.15) is 0 Å². The van der Waals surface area contributed by atoms with E-state index in [4.69, 9.17) is 0 Å². The molecule has 1 nitrogen and oxygen atoms in total. The predicted molar refractivity (Wildman–Crippen MR) is 62.2 cm³/mol. The van der Waals surface area contributed by atoms with Crippen molar-refractivity contribution in [2.45, 2.75) is 38.9 Å². The van der Waals surface area contributed by atoms with Crippen LogP contribution in [0.5, 0.6) is 0 Å². The molecule has 1 aliphatic rings. The van der Waals surface area contributed by atoms with Crippen LogP contribution in [0.2, 0.25) is 0 Å². The Hall–Kier alpha value is -1.19. The van der Waals surface area contributed by atoms with Crippen LogP contribution in [0.1, 0.15) is 31.4 Å². The third-order valence-corrected chi connectivity index (χ3v) is 3.47. The smallest absolute Gasteiger partial charge is 0.368 e. The molecule has 1 unspecified atom stereocenters. The lowest BCUT2D eigenvalue weighted by molar-refractivity contribution is -0.137. The minimum Gasteiger partial charge on any atom is -0.368 e. The summed E-state index contributed by atoms with van der Waals surface area (Å²) in [5.41, 5.74) is 1.24. The van der Waals surface area contributed by atoms with E-state index >= 15 is 0 Å². The summed E-state index contributed by atoms with van der Waals surface area (Å²) < 4.78 is 37.9. The highest BCUT2D eigenvalue weighted by atomic mass is 19.4. The van der Waals surface area contributed by atoms with E-state index in [9.17, 15) is 13.2 Å². The fourth-order valence-electron chi connectivity index (χ4n) is 2.26. The van der Waals surface area contributed by atoms with Crippen LogP contribution < -0.4 is 4.90 Å². The molecule has 94 valence electrons. The summed E-state index contributed by atoms with van der Waals surface area (Å²) in [5.74, 6) is 0. The molecule has 4 heteroatoms. The third-order valence-electron chi connectivity index (χ3n) is 3.47. The Balaban J connectivity index is 2.37. The van der Waals surface area contributed by atoms with Crippen molar-refractivity contribution in [3.63, 3.8) is 0 Å². The number of fused-ring (bicyclic) bond motifs is 1. The largest absolute Gasteiger partial charge is 0.416 e. The number of halogens is 3. The second-order valence-corrected chi connectivity index (χ2v) is 4.54. The van der Waals surface area contributed by atoms with E-state index in [2.05, 4.69) is 18.7 Å². The van der Waals surface area contributed by atoms with Crippen LogP contribution in [-0.4, -0.2) is 12.6 Å². The van der Waals surface area contributed by atoms with Gasteiger partial charge in [0.15, 0.2) is 0 Å². The van der Waals surface area contributed by atoms with Crippen LogP contribution in [0.15, 0.2) is 18.2 Å². The summed E-state index contributed by atoms with van der Waals surface area (Å²) in [6.07, 6.45) is -2.47. The average molecular weight is 243 g/mol. The number of anilines is 1. The number of hydrogen-bond donors (Lipinski definition) is 0. The lowest BCUT2D eigenvalue weighted by Gasteiger charge is -2.26. The standard InChI is InChI=1S/C13H16F3N/c1-3-9(2)17-7-6-10-4-5-11(8-12(10)17)13(14,15)16/h4-5,8-9H,3,6-7H2,1-2H3. The molecule has 0 N–H and O–H groups in total. The number of hydrogen-bond acceptors (Lipinski definition) is 1. The van der Waals surface area contributed by atoms with E-state index in [1.807, 2.05) is 0 Å². The van der Waals surface area contributed by atoms with Gasteiger partial charge in [-0.25, -0.2) is 0 Å². The van der Waals surface area contributed by atoms with Gasteiger partial charge >= 0.3 is 6.18 Å². The molecule has 0 aromatic heterocycles. The van der Waals surface area contributed by atoms with Crippen LogP contribution >= 0.6 is 0 Å². The fraction of sp³-hybridized carbons (Fsp3) is 0.538. The summed E-state index contributed by atoms with van der Waals surface area (Å²) >= 11 is 0. The Bertz CT molecular complexity index is 412. The first-order valence-electron chi connectivity index (χ1n) is 5.90. The molecule has 1 heterocycles. The zero-order valence-corrected chi connectivity index (χ0v) is 10.0. The van der Waals surface area contributed by atoms with Gasteiger partial charge in [-0.3, -0.25) is 0 Å². The molecule has 17 heavy (non-hydrogen) atoms. The molecule has 0 saturated heterocycles. The highest BCUT2D eigenvalue weighted by Crippen LogP contribution is 2.37. The van der Waals surface area contributed by atoms with E-state index in [-0.39, 0.29) is 0 Å². The summed E-state index contributed by atoms with van der Waals surface area (Å²) in [5, 5.41) is 0. The molecule has 0 radical (unpaired) electrons. The van der Waals surface area contributed by atoms with Crippen molar-refractivity contribution in [2.75, 3.05) is 11.4 Å². The van der Waals surface area contributed by atoms with Crippen molar-refractivity contribution < 1.29 is 13.2 Å². The van der Waals surface area contributed by atoms with E-state index in [0.29, 0.717) is 6.04 Å². The summed E-state index contributed by atoms with van der Waals surface area (Å²) in [7, 11) is 0. The molecular formula is C13H16F3N. The molecule has 0 saturated carbocycles. The molecule has 0 aliphatic carbocycles. The molecule has 1 aromatic rings. The highest BCUT2D eigenvalue weighted by Gasteiger charge is 2.33. The van der Waals surface area contributed by atoms with Gasteiger partial charge in [-0.2, -0.15) is 13.2 Å². The van der Waals surface area contributed by atoms with Crippen molar-refractivity contribution in [2.24, 2.45) is 0 Å². The van der Waals surface area contributed by atoms with Gasteiger partial charge in [-0.1, -0.05) is 13.0 Å². The van der Waals surface area contributed by atoms with Crippen LogP contribution in [-0.2, 0) is 12.6 Å². The molecule has 0 spiro atoms. The zero-order valence-electron chi connectivity index (χ0n) is 10.0. The van der Waals surface area contributed by atoms with Gasteiger partial charge in [-0.05, 0) is 37.5 Å². The van der Waals surface area contributed by atoms with Gasteiger partial charge in [0.2, 0.25) is 0 Å². The normalized spacial score (nSPS) is 17.1. The molecular weight excluding hydrogens is 227 g/mol. The lowest BCUT2D eigenvalue weighted by Crippen LogP contribution is -2.30. The third kappa shape index (κ3) is 2.26. The average Bonchev–Trinajstić information content (AvgIpc) is 2.69. The Morgan fingerprint density at radius 3 is 2.65 bits per heavy atom. The monoisotopic (exact) mass is 243 g/mol. The second kappa shape index (κ2) is 4.24. The van der Waals surface area contributed by atoms with E-state index < -0.39 is 11.7 Å². The van der Waals surface area contributed by atoms with E-state index in [1.54, 1.807) is 6.07 Å².